The van der Waals surface area contributed by atoms with Gasteiger partial charge < -0.3 is 20.8 Å². The topological polar surface area (TPSA) is 76.0 Å². The summed E-state index contributed by atoms with van der Waals surface area (Å²) >= 11 is 0. The summed E-state index contributed by atoms with van der Waals surface area (Å²) in [5.41, 5.74) is 7.48. The maximum absolute atomic E-state index is 5.89. The first kappa shape index (κ1) is 13.3. The van der Waals surface area contributed by atoms with Gasteiger partial charge in [0.1, 0.15) is 11.6 Å². The largest absolute Gasteiger partial charge is 0.491 e. The Kier molecular flexibility index (Phi) is 3.94. The summed E-state index contributed by atoms with van der Waals surface area (Å²) in [6, 6.07) is 5.72. The van der Waals surface area contributed by atoms with Crippen molar-refractivity contribution in [2.45, 2.75) is 32.9 Å². The molecular weight excluding hydrogens is 240 g/mol. The standard InChI is InChI=1S/C14H20N4O/c1-9(2)19-13-7-11(15)6-12(8-13)18-10(3)14-16-4-5-17-14/h4-10,18H,15H2,1-3H3,(H,16,17). The number of aromatic amines is 1. The van der Waals surface area contributed by atoms with Crippen molar-refractivity contribution in [3.05, 3.63) is 36.4 Å². The predicted octanol–water partition coefficient (Wildman–Crippen LogP) is 2.95. The van der Waals surface area contributed by atoms with Crippen LogP contribution in [0.25, 0.3) is 0 Å². The highest BCUT2D eigenvalue weighted by Crippen LogP contribution is 2.26. The van der Waals surface area contributed by atoms with Gasteiger partial charge in [0.25, 0.3) is 0 Å². The highest BCUT2D eigenvalue weighted by Gasteiger charge is 2.09. The van der Waals surface area contributed by atoms with Crippen LogP contribution in [0.2, 0.25) is 0 Å². The summed E-state index contributed by atoms with van der Waals surface area (Å²) in [5.74, 6) is 1.65. The second-order valence-electron chi connectivity index (χ2n) is 4.80. The van der Waals surface area contributed by atoms with Crippen molar-refractivity contribution in [3.8, 4) is 5.75 Å². The van der Waals surface area contributed by atoms with Crippen molar-refractivity contribution in [1.29, 1.82) is 0 Å². The molecule has 0 spiro atoms. The molecule has 1 heterocycles. The monoisotopic (exact) mass is 260 g/mol. The van der Waals surface area contributed by atoms with E-state index in [2.05, 4.69) is 15.3 Å². The van der Waals surface area contributed by atoms with Crippen LogP contribution in [0.15, 0.2) is 30.6 Å². The Balaban J connectivity index is 2.13. The lowest BCUT2D eigenvalue weighted by atomic mass is 10.2. The molecule has 0 aliphatic heterocycles. The quantitative estimate of drug-likeness (QED) is 0.722. The molecule has 1 unspecified atom stereocenters. The van der Waals surface area contributed by atoms with E-state index in [0.29, 0.717) is 5.69 Å². The van der Waals surface area contributed by atoms with Crippen molar-refractivity contribution in [1.82, 2.24) is 9.97 Å². The second kappa shape index (κ2) is 5.65. The van der Waals surface area contributed by atoms with E-state index in [4.69, 9.17) is 10.5 Å². The maximum atomic E-state index is 5.89. The molecule has 1 atom stereocenters. The number of nitrogen functional groups attached to an aromatic ring is 1. The zero-order valence-corrected chi connectivity index (χ0v) is 11.5. The Hall–Kier alpha value is -2.17. The lowest BCUT2D eigenvalue weighted by molar-refractivity contribution is 0.242. The van der Waals surface area contributed by atoms with Crippen LogP contribution in [0.3, 0.4) is 0 Å². The lowest BCUT2D eigenvalue weighted by Crippen LogP contribution is -2.10. The predicted molar refractivity (Wildman–Crippen MR) is 77.2 cm³/mol. The molecule has 4 N–H and O–H groups in total. The Morgan fingerprint density at radius 3 is 2.68 bits per heavy atom. The Morgan fingerprint density at radius 1 is 1.26 bits per heavy atom. The minimum absolute atomic E-state index is 0.0729. The first-order valence-electron chi connectivity index (χ1n) is 6.37. The minimum Gasteiger partial charge on any atom is -0.491 e. The van der Waals surface area contributed by atoms with E-state index in [9.17, 15) is 0 Å². The number of nitrogens with one attached hydrogen (secondary N) is 2. The van der Waals surface area contributed by atoms with Gasteiger partial charge in [-0.25, -0.2) is 4.98 Å². The van der Waals surface area contributed by atoms with E-state index in [1.165, 1.54) is 0 Å². The zero-order valence-electron chi connectivity index (χ0n) is 11.5. The molecule has 0 fully saturated rings. The normalized spacial score (nSPS) is 12.4. The van der Waals surface area contributed by atoms with E-state index in [1.807, 2.05) is 39.0 Å². The van der Waals surface area contributed by atoms with Gasteiger partial charge in [-0.3, -0.25) is 0 Å². The number of nitrogens with zero attached hydrogens (tertiary/aromatic N) is 1. The van der Waals surface area contributed by atoms with Gasteiger partial charge >= 0.3 is 0 Å². The van der Waals surface area contributed by atoms with Crippen molar-refractivity contribution in [3.63, 3.8) is 0 Å². The molecule has 1 aromatic carbocycles. The van der Waals surface area contributed by atoms with Gasteiger partial charge in [0.05, 0.1) is 12.1 Å². The summed E-state index contributed by atoms with van der Waals surface area (Å²) in [6.07, 6.45) is 3.66. The minimum atomic E-state index is 0.0729. The first-order valence-corrected chi connectivity index (χ1v) is 6.37. The summed E-state index contributed by atoms with van der Waals surface area (Å²) in [5, 5.41) is 3.34. The highest BCUT2D eigenvalue weighted by molar-refractivity contribution is 5.59. The van der Waals surface area contributed by atoms with Crippen molar-refractivity contribution in [2.24, 2.45) is 0 Å². The molecule has 0 bridgehead atoms. The van der Waals surface area contributed by atoms with Crippen LogP contribution in [0, 0.1) is 0 Å². The van der Waals surface area contributed by atoms with Gasteiger partial charge in [-0.1, -0.05) is 0 Å². The molecule has 5 heteroatoms. The average molecular weight is 260 g/mol. The lowest BCUT2D eigenvalue weighted by Gasteiger charge is -2.16. The second-order valence-corrected chi connectivity index (χ2v) is 4.80. The number of aromatic nitrogens is 2. The van der Waals surface area contributed by atoms with Crippen molar-refractivity contribution < 1.29 is 4.74 Å². The fourth-order valence-corrected chi connectivity index (χ4v) is 1.88. The van der Waals surface area contributed by atoms with Crippen molar-refractivity contribution in [2.75, 3.05) is 11.1 Å². The Labute approximate surface area is 113 Å². The average Bonchev–Trinajstić information content (AvgIpc) is 2.79. The van der Waals surface area contributed by atoms with E-state index >= 15 is 0 Å². The number of benzene rings is 1. The molecule has 1 aromatic heterocycles. The molecule has 0 amide bonds. The molecular formula is C14H20N4O. The molecule has 0 saturated heterocycles. The SMILES string of the molecule is CC(C)Oc1cc(N)cc(NC(C)c2ncc[nH]2)c1. The molecule has 5 nitrogen and oxygen atoms in total. The van der Waals surface area contributed by atoms with Crippen LogP contribution in [-0.2, 0) is 0 Å². The van der Waals surface area contributed by atoms with E-state index < -0.39 is 0 Å². The van der Waals surface area contributed by atoms with E-state index in [0.717, 1.165) is 17.3 Å². The van der Waals surface area contributed by atoms with Crippen molar-refractivity contribution >= 4 is 11.4 Å². The fourth-order valence-electron chi connectivity index (χ4n) is 1.88. The number of rotatable bonds is 5. The van der Waals surface area contributed by atoms with Crippen LogP contribution in [-0.4, -0.2) is 16.1 Å². The Bertz CT molecular complexity index is 522. The van der Waals surface area contributed by atoms with Gasteiger partial charge in [-0.15, -0.1) is 0 Å². The smallest absolute Gasteiger partial charge is 0.128 e. The van der Waals surface area contributed by atoms with Gasteiger partial charge in [-0.2, -0.15) is 0 Å². The first-order chi connectivity index (χ1) is 9.04. The third-order valence-corrected chi connectivity index (χ3v) is 2.61. The van der Waals surface area contributed by atoms with Crippen LogP contribution >= 0.6 is 0 Å². The van der Waals surface area contributed by atoms with Gasteiger partial charge in [0.15, 0.2) is 0 Å². The van der Waals surface area contributed by atoms with Crippen LogP contribution < -0.4 is 15.8 Å². The number of H-pyrrole nitrogens is 1. The molecule has 0 saturated carbocycles. The summed E-state index contributed by atoms with van der Waals surface area (Å²) in [6.45, 7) is 6.01. The number of imidazole rings is 1. The molecule has 19 heavy (non-hydrogen) atoms. The van der Waals surface area contributed by atoms with E-state index in [-0.39, 0.29) is 12.1 Å². The number of anilines is 2. The summed E-state index contributed by atoms with van der Waals surface area (Å²) in [7, 11) is 0. The van der Waals surface area contributed by atoms with Crippen LogP contribution in [0.5, 0.6) is 5.75 Å². The van der Waals surface area contributed by atoms with Gasteiger partial charge in [0, 0.05) is 35.9 Å². The van der Waals surface area contributed by atoms with Gasteiger partial charge in [0.2, 0.25) is 0 Å². The highest BCUT2D eigenvalue weighted by atomic mass is 16.5. The third-order valence-electron chi connectivity index (χ3n) is 2.61. The van der Waals surface area contributed by atoms with Crippen LogP contribution in [0.1, 0.15) is 32.6 Å². The number of hydrogen-bond donors (Lipinski definition) is 3. The Morgan fingerprint density at radius 2 is 2.05 bits per heavy atom. The number of hydrogen-bond acceptors (Lipinski definition) is 4. The fraction of sp³-hybridized carbons (Fsp3) is 0.357. The number of ether oxygens (including phenoxy) is 1. The number of nitrogens with two attached hydrogens (primary N) is 1. The molecule has 0 aliphatic rings. The maximum Gasteiger partial charge on any atom is 0.128 e. The molecule has 2 rings (SSSR count). The molecule has 102 valence electrons. The van der Waals surface area contributed by atoms with Gasteiger partial charge in [-0.05, 0) is 26.8 Å². The van der Waals surface area contributed by atoms with Crippen LogP contribution in [0.4, 0.5) is 11.4 Å². The molecule has 0 aliphatic carbocycles. The third kappa shape index (κ3) is 3.64. The molecule has 2 aromatic rings. The summed E-state index contributed by atoms with van der Waals surface area (Å²) in [4.78, 5) is 7.31. The summed E-state index contributed by atoms with van der Waals surface area (Å²) < 4.78 is 5.66. The molecule has 0 radical (unpaired) electrons. The van der Waals surface area contributed by atoms with E-state index in [1.54, 1.807) is 12.4 Å². The zero-order chi connectivity index (χ0) is 13.8.